The van der Waals surface area contributed by atoms with Gasteiger partial charge < -0.3 is 11.1 Å². The van der Waals surface area contributed by atoms with E-state index in [0.717, 1.165) is 36.8 Å². The van der Waals surface area contributed by atoms with Gasteiger partial charge in [0.15, 0.2) is 0 Å². The highest BCUT2D eigenvalue weighted by Gasteiger charge is 2.42. The summed E-state index contributed by atoms with van der Waals surface area (Å²) in [5.41, 5.74) is 7.29. The molecule has 1 fully saturated rings. The van der Waals surface area contributed by atoms with Crippen molar-refractivity contribution in [1.29, 1.82) is 0 Å². The molecule has 1 aliphatic carbocycles. The number of carbonyl (C=O) groups is 2. The molecule has 0 aromatic heterocycles. The second-order valence-corrected chi connectivity index (χ2v) is 7.31. The molecule has 0 aliphatic heterocycles. The Morgan fingerprint density at radius 1 is 1.08 bits per heavy atom. The Kier molecular flexibility index (Phi) is 5.62. The van der Waals surface area contributed by atoms with Crippen LogP contribution < -0.4 is 11.1 Å². The number of hydrogen-bond donors (Lipinski definition) is 2. The number of primary amides is 1. The van der Waals surface area contributed by atoms with E-state index >= 15 is 0 Å². The van der Waals surface area contributed by atoms with Crippen molar-refractivity contribution in [2.75, 3.05) is 6.54 Å². The zero-order valence-corrected chi connectivity index (χ0v) is 15.4. The van der Waals surface area contributed by atoms with Crippen molar-refractivity contribution < 1.29 is 9.59 Å². The van der Waals surface area contributed by atoms with Crippen LogP contribution in [0.1, 0.15) is 47.2 Å². The van der Waals surface area contributed by atoms with Crippen LogP contribution in [0.15, 0.2) is 48.5 Å². The van der Waals surface area contributed by atoms with Gasteiger partial charge in [0.2, 0.25) is 11.8 Å². The molecule has 0 spiro atoms. The van der Waals surface area contributed by atoms with Crippen LogP contribution in [0.3, 0.4) is 0 Å². The van der Waals surface area contributed by atoms with Crippen LogP contribution in [0, 0.1) is 0 Å². The Hall–Kier alpha value is -2.33. The summed E-state index contributed by atoms with van der Waals surface area (Å²) in [5, 5.41) is 3.74. The van der Waals surface area contributed by atoms with E-state index in [0.29, 0.717) is 23.6 Å². The maximum Gasteiger partial charge on any atom is 0.248 e. The molecule has 0 bridgehead atoms. The van der Waals surface area contributed by atoms with Crippen LogP contribution in [0.5, 0.6) is 0 Å². The molecule has 2 aromatic carbocycles. The van der Waals surface area contributed by atoms with Gasteiger partial charge in [0, 0.05) is 17.1 Å². The smallest absolute Gasteiger partial charge is 0.248 e. The lowest BCUT2D eigenvalue weighted by molar-refractivity contribution is -0.126. The van der Waals surface area contributed by atoms with Crippen molar-refractivity contribution in [3.8, 4) is 0 Å². The monoisotopic (exact) mass is 370 g/mol. The van der Waals surface area contributed by atoms with Crippen LogP contribution >= 0.6 is 11.6 Å². The lowest BCUT2D eigenvalue weighted by Crippen LogP contribution is -2.43. The van der Waals surface area contributed by atoms with Crippen molar-refractivity contribution in [3.05, 3.63) is 70.2 Å². The molecule has 1 aliphatic rings. The molecule has 3 rings (SSSR count). The Balaban J connectivity index is 1.68. The number of rotatable bonds is 6. The molecule has 5 heteroatoms. The Morgan fingerprint density at radius 2 is 1.81 bits per heavy atom. The normalized spacial score (nSPS) is 15.6. The fraction of sp³-hybridized carbons (Fsp3) is 0.333. The Bertz CT molecular complexity index is 813. The minimum atomic E-state index is -0.486. The lowest BCUT2D eigenvalue weighted by Gasteiger charge is -2.28. The average Bonchev–Trinajstić information content (AvgIpc) is 3.13. The summed E-state index contributed by atoms with van der Waals surface area (Å²) in [6.07, 6.45) is 4.42. The molecule has 2 amide bonds. The fourth-order valence-electron chi connectivity index (χ4n) is 3.78. The van der Waals surface area contributed by atoms with Crippen molar-refractivity contribution in [3.63, 3.8) is 0 Å². The molecule has 4 nitrogen and oxygen atoms in total. The molecule has 136 valence electrons. The van der Waals surface area contributed by atoms with Crippen LogP contribution in [-0.2, 0) is 16.6 Å². The molecule has 0 unspecified atom stereocenters. The molecule has 0 saturated heterocycles. The number of benzene rings is 2. The minimum Gasteiger partial charge on any atom is -0.366 e. The Labute approximate surface area is 158 Å². The van der Waals surface area contributed by atoms with E-state index in [4.69, 9.17) is 17.3 Å². The number of halogens is 1. The van der Waals surface area contributed by atoms with Gasteiger partial charge in [-0.2, -0.15) is 0 Å². The van der Waals surface area contributed by atoms with Crippen molar-refractivity contribution >= 4 is 23.4 Å². The van der Waals surface area contributed by atoms with Gasteiger partial charge in [0.25, 0.3) is 0 Å². The van der Waals surface area contributed by atoms with Gasteiger partial charge in [-0.25, -0.2) is 0 Å². The molecule has 0 atom stereocenters. The number of nitrogens with two attached hydrogens (primary N) is 1. The molecule has 2 aromatic rings. The first-order valence-electron chi connectivity index (χ1n) is 8.94. The maximum absolute atomic E-state index is 13.0. The number of amides is 2. The van der Waals surface area contributed by atoms with E-state index in [2.05, 4.69) is 5.32 Å². The highest BCUT2D eigenvalue weighted by molar-refractivity contribution is 6.30. The van der Waals surface area contributed by atoms with Crippen LogP contribution in [0.25, 0.3) is 0 Å². The molecule has 26 heavy (non-hydrogen) atoms. The van der Waals surface area contributed by atoms with E-state index in [1.807, 2.05) is 36.4 Å². The maximum atomic E-state index is 13.0. The van der Waals surface area contributed by atoms with Gasteiger partial charge in [-0.15, -0.1) is 0 Å². The molecular weight excluding hydrogens is 348 g/mol. The second-order valence-electron chi connectivity index (χ2n) is 6.87. The predicted octanol–water partition coefficient (Wildman–Crippen LogP) is 3.61. The summed E-state index contributed by atoms with van der Waals surface area (Å²) >= 11 is 6.15. The third-order valence-electron chi connectivity index (χ3n) is 5.18. The predicted molar refractivity (Wildman–Crippen MR) is 103 cm³/mol. The standard InChI is InChI=1S/C21H23ClN2O2/c22-18-8-4-7-17(14-18)21(10-1-2-11-21)20(26)24-12-9-15-5-3-6-16(13-15)19(23)25/h3-8,13-14H,1-2,9-12H2,(H2,23,25)(H,24,26). The average molecular weight is 371 g/mol. The SMILES string of the molecule is NC(=O)c1cccc(CCNC(=O)C2(c3cccc(Cl)c3)CCCC2)c1. The minimum absolute atomic E-state index is 0.0586. The largest absolute Gasteiger partial charge is 0.366 e. The van der Waals surface area contributed by atoms with Crippen LogP contribution in [-0.4, -0.2) is 18.4 Å². The van der Waals surface area contributed by atoms with Gasteiger partial charge in [0.05, 0.1) is 5.41 Å². The summed E-state index contributed by atoms with van der Waals surface area (Å²) in [4.78, 5) is 24.3. The van der Waals surface area contributed by atoms with Crippen molar-refractivity contribution in [2.24, 2.45) is 5.73 Å². The zero-order chi connectivity index (χ0) is 18.6. The van der Waals surface area contributed by atoms with Gasteiger partial charge in [0.1, 0.15) is 0 Å². The third-order valence-corrected chi connectivity index (χ3v) is 5.41. The van der Waals surface area contributed by atoms with E-state index in [9.17, 15) is 9.59 Å². The highest BCUT2D eigenvalue weighted by atomic mass is 35.5. The molecular formula is C21H23ClN2O2. The molecule has 0 heterocycles. The topological polar surface area (TPSA) is 72.2 Å². The number of hydrogen-bond acceptors (Lipinski definition) is 2. The first-order valence-corrected chi connectivity index (χ1v) is 9.32. The first kappa shape index (κ1) is 18.5. The molecule has 3 N–H and O–H groups in total. The molecule has 0 radical (unpaired) electrons. The lowest BCUT2D eigenvalue weighted by atomic mass is 9.78. The first-order chi connectivity index (χ1) is 12.5. The van der Waals surface area contributed by atoms with Gasteiger partial charge >= 0.3 is 0 Å². The fourth-order valence-corrected chi connectivity index (χ4v) is 3.97. The van der Waals surface area contributed by atoms with Crippen LogP contribution in [0.2, 0.25) is 5.02 Å². The zero-order valence-electron chi connectivity index (χ0n) is 14.6. The summed E-state index contributed by atoms with van der Waals surface area (Å²) in [6, 6.07) is 14.8. The summed E-state index contributed by atoms with van der Waals surface area (Å²) in [7, 11) is 0. The van der Waals surface area contributed by atoms with E-state index in [1.165, 1.54) is 0 Å². The molecule has 1 saturated carbocycles. The number of carbonyl (C=O) groups excluding carboxylic acids is 2. The van der Waals surface area contributed by atoms with E-state index in [1.54, 1.807) is 12.1 Å². The summed E-state index contributed by atoms with van der Waals surface area (Å²) in [5.74, 6) is -0.384. The van der Waals surface area contributed by atoms with E-state index < -0.39 is 11.3 Å². The number of nitrogens with one attached hydrogen (secondary N) is 1. The third kappa shape index (κ3) is 3.91. The Morgan fingerprint density at radius 3 is 2.50 bits per heavy atom. The summed E-state index contributed by atoms with van der Waals surface area (Å²) in [6.45, 7) is 0.517. The van der Waals surface area contributed by atoms with Crippen LogP contribution in [0.4, 0.5) is 0 Å². The van der Waals surface area contributed by atoms with Crippen molar-refractivity contribution in [2.45, 2.75) is 37.5 Å². The highest BCUT2D eigenvalue weighted by Crippen LogP contribution is 2.42. The quantitative estimate of drug-likeness (QED) is 0.815. The second kappa shape index (κ2) is 7.92. The van der Waals surface area contributed by atoms with Gasteiger partial charge in [-0.1, -0.05) is 48.7 Å². The van der Waals surface area contributed by atoms with Crippen molar-refractivity contribution in [1.82, 2.24) is 5.32 Å². The van der Waals surface area contributed by atoms with Gasteiger partial charge in [-0.05, 0) is 54.7 Å². The van der Waals surface area contributed by atoms with Gasteiger partial charge in [-0.3, -0.25) is 9.59 Å². The summed E-state index contributed by atoms with van der Waals surface area (Å²) < 4.78 is 0. The van der Waals surface area contributed by atoms with E-state index in [-0.39, 0.29) is 5.91 Å².